The molecule has 1 aromatic heterocycles. The molecule has 0 saturated heterocycles. The summed E-state index contributed by atoms with van der Waals surface area (Å²) in [6, 6.07) is 7.89. The van der Waals surface area contributed by atoms with Crippen LogP contribution < -0.4 is 10.6 Å². The molecule has 1 heterocycles. The van der Waals surface area contributed by atoms with E-state index in [1.807, 2.05) is 5.32 Å². The Balaban J connectivity index is 1.73. The van der Waals surface area contributed by atoms with Crippen molar-refractivity contribution in [2.24, 2.45) is 0 Å². The standard InChI is InChI=1S/C15H10F2N4O2/c16-9-2-1-3-10(17)13(9)21-15(23)14(22)20-8-4-5-11-12(6-8)19-7-18-11/h1-7H,(H,18,19)(H,20,22)(H,21,23). The smallest absolute Gasteiger partial charge is 0.314 e. The summed E-state index contributed by atoms with van der Waals surface area (Å²) in [4.78, 5) is 30.5. The van der Waals surface area contributed by atoms with Crippen molar-refractivity contribution in [2.75, 3.05) is 10.6 Å². The molecule has 0 saturated carbocycles. The third-order valence-corrected chi connectivity index (χ3v) is 3.09. The van der Waals surface area contributed by atoms with E-state index < -0.39 is 29.1 Å². The van der Waals surface area contributed by atoms with E-state index in [1.54, 1.807) is 18.2 Å². The Morgan fingerprint density at radius 3 is 2.43 bits per heavy atom. The number of carbonyl (C=O) groups excluding carboxylic acids is 2. The van der Waals surface area contributed by atoms with Crippen molar-refractivity contribution < 1.29 is 18.4 Å². The zero-order chi connectivity index (χ0) is 16.4. The Bertz CT molecular complexity index is 887. The fourth-order valence-corrected chi connectivity index (χ4v) is 1.99. The van der Waals surface area contributed by atoms with Gasteiger partial charge in [-0.05, 0) is 30.3 Å². The number of rotatable bonds is 2. The molecule has 2 aromatic carbocycles. The number of aromatic nitrogens is 2. The largest absolute Gasteiger partial charge is 0.345 e. The van der Waals surface area contributed by atoms with Gasteiger partial charge in [-0.2, -0.15) is 0 Å². The average molecular weight is 316 g/mol. The average Bonchev–Trinajstić information content (AvgIpc) is 2.98. The number of nitrogens with zero attached hydrogens (tertiary/aromatic N) is 1. The predicted molar refractivity (Wildman–Crippen MR) is 79.7 cm³/mol. The van der Waals surface area contributed by atoms with E-state index in [4.69, 9.17) is 0 Å². The number of aromatic amines is 1. The number of benzene rings is 2. The Morgan fingerprint density at radius 1 is 1.00 bits per heavy atom. The lowest BCUT2D eigenvalue weighted by Crippen LogP contribution is -2.29. The molecule has 116 valence electrons. The van der Waals surface area contributed by atoms with E-state index >= 15 is 0 Å². The van der Waals surface area contributed by atoms with E-state index in [1.165, 1.54) is 6.33 Å². The zero-order valence-corrected chi connectivity index (χ0v) is 11.6. The molecule has 8 heteroatoms. The number of H-pyrrole nitrogens is 1. The molecular formula is C15H10F2N4O2. The van der Waals surface area contributed by atoms with Gasteiger partial charge < -0.3 is 15.6 Å². The van der Waals surface area contributed by atoms with Crippen molar-refractivity contribution in [3.63, 3.8) is 0 Å². The maximum Gasteiger partial charge on any atom is 0.314 e. The van der Waals surface area contributed by atoms with Gasteiger partial charge in [-0.1, -0.05) is 6.07 Å². The number of carbonyl (C=O) groups is 2. The highest BCUT2D eigenvalue weighted by Crippen LogP contribution is 2.18. The SMILES string of the molecule is O=C(Nc1ccc2nc[nH]c2c1)C(=O)Nc1c(F)cccc1F. The first kappa shape index (κ1) is 14.6. The molecule has 23 heavy (non-hydrogen) atoms. The van der Waals surface area contributed by atoms with E-state index in [0.29, 0.717) is 16.7 Å². The molecule has 3 rings (SSSR count). The van der Waals surface area contributed by atoms with Crippen molar-refractivity contribution in [3.8, 4) is 0 Å². The molecule has 0 bridgehead atoms. The molecule has 0 aliphatic heterocycles. The lowest BCUT2D eigenvalue weighted by atomic mass is 10.2. The Kier molecular flexibility index (Phi) is 3.71. The molecule has 6 nitrogen and oxygen atoms in total. The van der Waals surface area contributed by atoms with Crippen LogP contribution in [0.1, 0.15) is 0 Å². The van der Waals surface area contributed by atoms with Crippen molar-refractivity contribution >= 4 is 34.2 Å². The van der Waals surface area contributed by atoms with Gasteiger partial charge in [0, 0.05) is 5.69 Å². The molecule has 3 aromatic rings. The van der Waals surface area contributed by atoms with Crippen molar-refractivity contribution in [3.05, 3.63) is 54.4 Å². The first-order chi connectivity index (χ1) is 11.0. The van der Waals surface area contributed by atoms with Gasteiger partial charge in [0.2, 0.25) is 0 Å². The second-order valence-corrected chi connectivity index (χ2v) is 4.64. The molecule has 0 unspecified atom stereocenters. The number of fused-ring (bicyclic) bond motifs is 1. The van der Waals surface area contributed by atoms with Crippen LogP contribution in [0.4, 0.5) is 20.2 Å². The van der Waals surface area contributed by atoms with Crippen molar-refractivity contribution in [2.45, 2.75) is 0 Å². The van der Waals surface area contributed by atoms with Crippen LogP contribution in [0.15, 0.2) is 42.7 Å². The number of halogens is 2. The Morgan fingerprint density at radius 2 is 1.70 bits per heavy atom. The van der Waals surface area contributed by atoms with Crippen LogP contribution in [-0.2, 0) is 9.59 Å². The van der Waals surface area contributed by atoms with Crippen LogP contribution in [0, 0.1) is 11.6 Å². The molecule has 0 spiro atoms. The van der Waals surface area contributed by atoms with Gasteiger partial charge in [-0.15, -0.1) is 0 Å². The van der Waals surface area contributed by atoms with Crippen molar-refractivity contribution in [1.82, 2.24) is 9.97 Å². The molecule has 0 fully saturated rings. The minimum atomic E-state index is -1.18. The zero-order valence-electron chi connectivity index (χ0n) is 11.6. The van der Waals surface area contributed by atoms with Crippen LogP contribution in [0.25, 0.3) is 11.0 Å². The third kappa shape index (κ3) is 3.00. The fourth-order valence-electron chi connectivity index (χ4n) is 1.99. The quantitative estimate of drug-likeness (QED) is 0.635. The number of anilines is 2. The summed E-state index contributed by atoms with van der Waals surface area (Å²) in [5.74, 6) is -4.17. The van der Waals surface area contributed by atoms with E-state index in [2.05, 4.69) is 15.3 Å². The van der Waals surface area contributed by atoms with Gasteiger partial charge >= 0.3 is 11.8 Å². The molecule has 2 amide bonds. The van der Waals surface area contributed by atoms with E-state index in [-0.39, 0.29) is 0 Å². The summed E-state index contributed by atoms with van der Waals surface area (Å²) >= 11 is 0. The molecule has 0 aliphatic carbocycles. The van der Waals surface area contributed by atoms with Crippen LogP contribution >= 0.6 is 0 Å². The highest BCUT2D eigenvalue weighted by Gasteiger charge is 2.18. The summed E-state index contributed by atoms with van der Waals surface area (Å²) in [6.45, 7) is 0. The molecule has 3 N–H and O–H groups in total. The third-order valence-electron chi connectivity index (χ3n) is 3.09. The van der Waals surface area contributed by atoms with Crippen LogP contribution in [0.5, 0.6) is 0 Å². The molecule has 0 atom stereocenters. The van der Waals surface area contributed by atoms with Gasteiger partial charge in [0.25, 0.3) is 0 Å². The molecular weight excluding hydrogens is 306 g/mol. The van der Waals surface area contributed by atoms with Crippen LogP contribution in [-0.4, -0.2) is 21.8 Å². The highest BCUT2D eigenvalue weighted by atomic mass is 19.1. The van der Waals surface area contributed by atoms with Crippen LogP contribution in [0.3, 0.4) is 0 Å². The lowest BCUT2D eigenvalue weighted by molar-refractivity contribution is -0.133. The second kappa shape index (κ2) is 5.84. The van der Waals surface area contributed by atoms with Crippen LogP contribution in [0.2, 0.25) is 0 Å². The minimum absolute atomic E-state index is 0.343. The maximum absolute atomic E-state index is 13.4. The molecule has 0 radical (unpaired) electrons. The number of hydrogen-bond acceptors (Lipinski definition) is 3. The molecule has 0 aliphatic rings. The first-order valence-electron chi connectivity index (χ1n) is 6.54. The van der Waals surface area contributed by atoms with Crippen molar-refractivity contribution in [1.29, 1.82) is 0 Å². The highest BCUT2D eigenvalue weighted by molar-refractivity contribution is 6.43. The Labute approximate surface area is 128 Å². The van der Waals surface area contributed by atoms with E-state index in [0.717, 1.165) is 18.2 Å². The maximum atomic E-state index is 13.4. The second-order valence-electron chi connectivity index (χ2n) is 4.64. The topological polar surface area (TPSA) is 86.9 Å². The summed E-state index contributed by atoms with van der Waals surface area (Å²) in [5.41, 5.74) is 1.04. The fraction of sp³-hybridized carbons (Fsp3) is 0. The number of hydrogen-bond donors (Lipinski definition) is 3. The van der Waals surface area contributed by atoms with Gasteiger partial charge in [0.1, 0.15) is 17.3 Å². The predicted octanol–water partition coefficient (Wildman–Crippen LogP) is 2.42. The summed E-state index contributed by atoms with van der Waals surface area (Å²) in [5, 5.41) is 4.25. The van der Waals surface area contributed by atoms with Gasteiger partial charge in [-0.25, -0.2) is 13.8 Å². The number of nitrogens with one attached hydrogen (secondary N) is 3. The lowest BCUT2D eigenvalue weighted by Gasteiger charge is -2.08. The summed E-state index contributed by atoms with van der Waals surface area (Å²) in [6.07, 6.45) is 1.49. The number of imidazole rings is 1. The minimum Gasteiger partial charge on any atom is -0.345 e. The summed E-state index contributed by atoms with van der Waals surface area (Å²) in [7, 11) is 0. The van der Waals surface area contributed by atoms with Gasteiger partial charge in [-0.3, -0.25) is 9.59 Å². The monoisotopic (exact) mass is 316 g/mol. The summed E-state index contributed by atoms with van der Waals surface area (Å²) < 4.78 is 26.9. The van der Waals surface area contributed by atoms with Gasteiger partial charge in [0.15, 0.2) is 0 Å². The van der Waals surface area contributed by atoms with Gasteiger partial charge in [0.05, 0.1) is 17.4 Å². The van der Waals surface area contributed by atoms with E-state index in [9.17, 15) is 18.4 Å². The number of amides is 2. The number of para-hydroxylation sites is 1. The normalized spacial score (nSPS) is 10.5. The Hall–Kier alpha value is -3.29. The first-order valence-corrected chi connectivity index (χ1v) is 6.54.